The number of anilines is 1. The Bertz CT molecular complexity index is 825. The zero-order chi connectivity index (χ0) is 16.4. The van der Waals surface area contributed by atoms with Crippen LogP contribution in [0.15, 0.2) is 35.7 Å². The Labute approximate surface area is 142 Å². The number of thiophene rings is 1. The molecule has 2 amide bonds. The van der Waals surface area contributed by atoms with E-state index in [0.717, 1.165) is 20.1 Å². The van der Waals surface area contributed by atoms with Crippen molar-refractivity contribution in [3.05, 3.63) is 45.6 Å². The maximum Gasteiger partial charge on any atom is 0.319 e. The Hall–Kier alpha value is -1.96. The van der Waals surface area contributed by atoms with Crippen LogP contribution >= 0.6 is 22.7 Å². The molecule has 0 saturated heterocycles. The highest BCUT2D eigenvalue weighted by Gasteiger charge is 2.24. The first kappa shape index (κ1) is 15.9. The molecule has 0 aliphatic carbocycles. The number of amides is 2. The van der Waals surface area contributed by atoms with Gasteiger partial charge in [-0.3, -0.25) is 0 Å². The third-order valence-corrected chi connectivity index (χ3v) is 5.45. The Balaban J connectivity index is 1.62. The van der Waals surface area contributed by atoms with Crippen LogP contribution in [-0.2, 0) is 5.60 Å². The number of nitrogens with one attached hydrogen (secondary N) is 2. The van der Waals surface area contributed by atoms with Crippen molar-refractivity contribution in [2.24, 2.45) is 0 Å². The van der Waals surface area contributed by atoms with Crippen LogP contribution in [0.4, 0.5) is 10.5 Å². The topological polar surface area (TPSA) is 74.2 Å². The number of hydrogen-bond donors (Lipinski definition) is 3. The van der Waals surface area contributed by atoms with Crippen LogP contribution in [0.25, 0.3) is 10.2 Å². The monoisotopic (exact) mass is 347 g/mol. The lowest BCUT2D eigenvalue weighted by Gasteiger charge is -2.22. The van der Waals surface area contributed by atoms with Gasteiger partial charge in [0.05, 0.1) is 21.8 Å². The van der Waals surface area contributed by atoms with E-state index in [9.17, 15) is 9.90 Å². The molecule has 0 aliphatic heterocycles. The summed E-state index contributed by atoms with van der Waals surface area (Å²) < 4.78 is 1.03. The zero-order valence-electron chi connectivity index (χ0n) is 12.8. The molecule has 23 heavy (non-hydrogen) atoms. The molecule has 0 radical (unpaired) electrons. The van der Waals surface area contributed by atoms with E-state index in [-0.39, 0.29) is 12.6 Å². The molecule has 0 aliphatic rings. The molecule has 0 bridgehead atoms. The Morgan fingerprint density at radius 1 is 1.39 bits per heavy atom. The van der Waals surface area contributed by atoms with Crippen LogP contribution in [0.3, 0.4) is 0 Å². The first-order chi connectivity index (χ1) is 10.9. The number of rotatable bonds is 4. The van der Waals surface area contributed by atoms with Crippen LogP contribution in [0.1, 0.15) is 16.8 Å². The fourth-order valence-corrected chi connectivity index (χ4v) is 3.87. The van der Waals surface area contributed by atoms with Gasteiger partial charge in [-0.25, -0.2) is 9.78 Å². The van der Waals surface area contributed by atoms with E-state index in [4.69, 9.17) is 0 Å². The fraction of sp³-hybridized carbons (Fsp3) is 0.250. The number of hydrogen-bond acceptors (Lipinski definition) is 5. The van der Waals surface area contributed by atoms with Crippen molar-refractivity contribution < 1.29 is 9.90 Å². The van der Waals surface area contributed by atoms with Gasteiger partial charge in [0.15, 0.2) is 0 Å². The van der Waals surface area contributed by atoms with E-state index in [1.807, 2.05) is 42.6 Å². The summed E-state index contributed by atoms with van der Waals surface area (Å²) in [5.41, 5.74) is 0.554. The van der Waals surface area contributed by atoms with E-state index in [0.29, 0.717) is 5.69 Å². The summed E-state index contributed by atoms with van der Waals surface area (Å²) in [4.78, 5) is 17.2. The van der Waals surface area contributed by atoms with Crippen molar-refractivity contribution in [3.8, 4) is 0 Å². The molecule has 3 N–H and O–H groups in total. The standard InChI is InChI=1S/C16H17N3O2S2/c1-10-18-12-6-5-11(8-13(12)23-10)19-15(20)17-9-16(2,21)14-4-3-7-22-14/h3-8,21H,9H2,1-2H3,(H2,17,19,20). The second-order valence-electron chi connectivity index (χ2n) is 5.47. The van der Waals surface area contributed by atoms with Crippen LogP contribution < -0.4 is 10.6 Å². The van der Waals surface area contributed by atoms with Crippen LogP contribution in [0.2, 0.25) is 0 Å². The maximum atomic E-state index is 12.0. The highest BCUT2D eigenvalue weighted by Crippen LogP contribution is 2.25. The SMILES string of the molecule is Cc1nc2ccc(NC(=O)NCC(C)(O)c3cccs3)cc2s1. The summed E-state index contributed by atoms with van der Waals surface area (Å²) in [6.07, 6.45) is 0. The number of carbonyl (C=O) groups excluding carboxylic acids is 1. The predicted molar refractivity (Wildman–Crippen MR) is 95.3 cm³/mol. The molecule has 3 rings (SSSR count). The number of carbonyl (C=O) groups is 1. The third kappa shape index (κ3) is 3.69. The average Bonchev–Trinajstić information content (AvgIpc) is 3.13. The Kier molecular flexibility index (Phi) is 4.34. The van der Waals surface area contributed by atoms with Gasteiger partial charge in [-0.15, -0.1) is 22.7 Å². The molecule has 2 heterocycles. The van der Waals surface area contributed by atoms with Crippen molar-refractivity contribution in [1.82, 2.24) is 10.3 Å². The molecular weight excluding hydrogens is 330 g/mol. The number of aliphatic hydroxyl groups is 1. The largest absolute Gasteiger partial charge is 0.383 e. The van der Waals surface area contributed by atoms with Gasteiger partial charge in [-0.1, -0.05) is 6.07 Å². The van der Waals surface area contributed by atoms with Gasteiger partial charge in [-0.05, 0) is 43.5 Å². The van der Waals surface area contributed by atoms with E-state index in [1.165, 1.54) is 11.3 Å². The van der Waals surface area contributed by atoms with E-state index < -0.39 is 5.60 Å². The molecule has 0 saturated carbocycles. The molecule has 7 heteroatoms. The molecular formula is C16H17N3O2S2. The van der Waals surface area contributed by atoms with Gasteiger partial charge in [0.2, 0.25) is 0 Å². The highest BCUT2D eigenvalue weighted by molar-refractivity contribution is 7.18. The highest BCUT2D eigenvalue weighted by atomic mass is 32.1. The zero-order valence-corrected chi connectivity index (χ0v) is 14.4. The molecule has 0 spiro atoms. The second kappa shape index (κ2) is 6.27. The molecule has 5 nitrogen and oxygen atoms in total. The second-order valence-corrected chi connectivity index (χ2v) is 7.66. The molecule has 120 valence electrons. The number of urea groups is 1. The van der Waals surface area contributed by atoms with Gasteiger partial charge in [0.1, 0.15) is 5.60 Å². The van der Waals surface area contributed by atoms with E-state index in [2.05, 4.69) is 15.6 Å². The van der Waals surface area contributed by atoms with Crippen molar-refractivity contribution in [3.63, 3.8) is 0 Å². The van der Waals surface area contributed by atoms with Gasteiger partial charge in [-0.2, -0.15) is 0 Å². The summed E-state index contributed by atoms with van der Waals surface area (Å²) in [6, 6.07) is 8.99. The van der Waals surface area contributed by atoms with Crippen molar-refractivity contribution in [1.29, 1.82) is 0 Å². The summed E-state index contributed by atoms with van der Waals surface area (Å²) in [5.74, 6) is 0. The van der Waals surface area contributed by atoms with Crippen LogP contribution in [0, 0.1) is 6.92 Å². The van der Waals surface area contributed by atoms with E-state index >= 15 is 0 Å². The van der Waals surface area contributed by atoms with Gasteiger partial charge < -0.3 is 15.7 Å². The molecule has 2 aromatic heterocycles. The molecule has 1 unspecified atom stereocenters. The quantitative estimate of drug-likeness (QED) is 0.674. The summed E-state index contributed by atoms with van der Waals surface area (Å²) in [7, 11) is 0. The average molecular weight is 347 g/mol. The number of thiazole rings is 1. The minimum atomic E-state index is -1.08. The summed E-state index contributed by atoms with van der Waals surface area (Å²) in [5, 5.41) is 18.8. The maximum absolute atomic E-state index is 12.0. The minimum Gasteiger partial charge on any atom is -0.383 e. The minimum absolute atomic E-state index is 0.140. The van der Waals surface area contributed by atoms with E-state index in [1.54, 1.807) is 18.3 Å². The van der Waals surface area contributed by atoms with Crippen molar-refractivity contribution in [2.45, 2.75) is 19.4 Å². The van der Waals surface area contributed by atoms with Gasteiger partial charge in [0.25, 0.3) is 0 Å². The lowest BCUT2D eigenvalue weighted by molar-refractivity contribution is 0.0637. The van der Waals surface area contributed by atoms with Crippen molar-refractivity contribution >= 4 is 44.6 Å². The van der Waals surface area contributed by atoms with Gasteiger partial charge in [0, 0.05) is 10.6 Å². The molecule has 0 fully saturated rings. The Morgan fingerprint density at radius 2 is 2.22 bits per heavy atom. The first-order valence-electron chi connectivity index (χ1n) is 7.12. The summed E-state index contributed by atoms with van der Waals surface area (Å²) in [6.45, 7) is 3.78. The van der Waals surface area contributed by atoms with Crippen molar-refractivity contribution in [2.75, 3.05) is 11.9 Å². The predicted octanol–water partition coefficient (Wildman–Crippen LogP) is 3.70. The first-order valence-corrected chi connectivity index (χ1v) is 8.82. The number of aryl methyl sites for hydroxylation is 1. The smallest absolute Gasteiger partial charge is 0.319 e. The third-order valence-electron chi connectivity index (χ3n) is 3.40. The number of fused-ring (bicyclic) bond motifs is 1. The normalized spacial score (nSPS) is 13.7. The number of aromatic nitrogens is 1. The number of nitrogens with zero attached hydrogens (tertiary/aromatic N) is 1. The van der Waals surface area contributed by atoms with Crippen LogP contribution in [-0.4, -0.2) is 22.7 Å². The molecule has 1 aromatic carbocycles. The molecule has 3 aromatic rings. The number of benzene rings is 1. The molecule has 1 atom stereocenters. The summed E-state index contributed by atoms with van der Waals surface area (Å²) >= 11 is 3.05. The lowest BCUT2D eigenvalue weighted by Crippen LogP contribution is -2.40. The van der Waals surface area contributed by atoms with Crippen LogP contribution in [0.5, 0.6) is 0 Å². The fourth-order valence-electron chi connectivity index (χ4n) is 2.22. The Morgan fingerprint density at radius 3 is 2.96 bits per heavy atom. The lowest BCUT2D eigenvalue weighted by atomic mass is 10.1. The van der Waals surface area contributed by atoms with Gasteiger partial charge >= 0.3 is 6.03 Å².